The lowest BCUT2D eigenvalue weighted by Gasteiger charge is -2.30. The third-order valence-electron chi connectivity index (χ3n) is 6.51. The van der Waals surface area contributed by atoms with Gasteiger partial charge in [0, 0.05) is 18.4 Å². The Hall–Kier alpha value is -2.69. The fraction of sp³-hybridized carbons (Fsp3) is 0.480. The normalized spacial score (nSPS) is 23.3. The molecule has 158 valence electrons. The zero-order chi connectivity index (χ0) is 20.7. The van der Waals surface area contributed by atoms with Gasteiger partial charge >= 0.3 is 0 Å². The van der Waals surface area contributed by atoms with Crippen LogP contribution in [0.1, 0.15) is 55.7 Å². The molecule has 2 aliphatic carbocycles. The fourth-order valence-electron chi connectivity index (χ4n) is 4.62. The number of benzene rings is 2. The summed E-state index contributed by atoms with van der Waals surface area (Å²) in [5.41, 5.74) is 2.26. The summed E-state index contributed by atoms with van der Waals surface area (Å²) in [7, 11) is 1.70. The molecule has 0 bridgehead atoms. The molecule has 0 saturated heterocycles. The van der Waals surface area contributed by atoms with E-state index in [2.05, 4.69) is 30.0 Å². The number of hydrogen-bond acceptors (Lipinski definition) is 4. The van der Waals surface area contributed by atoms with Gasteiger partial charge in [-0.1, -0.05) is 24.3 Å². The van der Waals surface area contributed by atoms with Crippen LogP contribution in [0.3, 0.4) is 0 Å². The number of rotatable bonds is 6. The molecule has 0 spiro atoms. The van der Waals surface area contributed by atoms with Crippen LogP contribution in [0.2, 0.25) is 0 Å². The first-order valence-electron chi connectivity index (χ1n) is 11.0. The van der Waals surface area contributed by atoms with E-state index >= 15 is 0 Å². The van der Waals surface area contributed by atoms with E-state index < -0.39 is 0 Å². The summed E-state index contributed by atoms with van der Waals surface area (Å²) in [6, 6.07) is 14.5. The van der Waals surface area contributed by atoms with Crippen LogP contribution in [0, 0.1) is 5.92 Å². The van der Waals surface area contributed by atoms with Crippen LogP contribution in [0.25, 0.3) is 0 Å². The maximum absolute atomic E-state index is 13.6. The highest BCUT2D eigenvalue weighted by atomic mass is 16.5. The SMILES string of the molecule is COc1ccccc1[C@@H]1C[C@@H]1C(=O)N(C1CC1)[C@H](C)c1ccc2c(c1)OCCCO2. The van der Waals surface area contributed by atoms with Gasteiger partial charge in [-0.3, -0.25) is 4.79 Å². The zero-order valence-corrected chi connectivity index (χ0v) is 17.7. The molecule has 2 aromatic rings. The molecule has 1 heterocycles. The first-order valence-corrected chi connectivity index (χ1v) is 11.0. The molecule has 0 aromatic heterocycles. The van der Waals surface area contributed by atoms with Crippen LogP contribution >= 0.6 is 0 Å². The number of ether oxygens (including phenoxy) is 3. The molecule has 0 N–H and O–H groups in total. The lowest BCUT2D eigenvalue weighted by Crippen LogP contribution is -2.37. The Labute approximate surface area is 177 Å². The molecule has 1 aliphatic heterocycles. The molecule has 0 radical (unpaired) electrons. The van der Waals surface area contributed by atoms with Gasteiger partial charge in [0.25, 0.3) is 0 Å². The van der Waals surface area contributed by atoms with Crippen molar-refractivity contribution in [1.82, 2.24) is 4.90 Å². The van der Waals surface area contributed by atoms with Gasteiger partial charge in [0.15, 0.2) is 11.5 Å². The van der Waals surface area contributed by atoms with Gasteiger partial charge in [0.2, 0.25) is 5.91 Å². The van der Waals surface area contributed by atoms with Crippen molar-refractivity contribution < 1.29 is 19.0 Å². The van der Waals surface area contributed by atoms with Crippen LogP contribution in [0.5, 0.6) is 17.2 Å². The predicted octanol–water partition coefficient (Wildman–Crippen LogP) is 4.71. The minimum Gasteiger partial charge on any atom is -0.496 e. The Bertz CT molecular complexity index is 938. The largest absolute Gasteiger partial charge is 0.496 e. The van der Waals surface area contributed by atoms with Crippen molar-refractivity contribution in [1.29, 1.82) is 0 Å². The predicted molar refractivity (Wildman–Crippen MR) is 114 cm³/mol. The van der Waals surface area contributed by atoms with Crippen molar-refractivity contribution in [2.24, 2.45) is 5.92 Å². The number of para-hydroxylation sites is 1. The van der Waals surface area contributed by atoms with E-state index in [9.17, 15) is 4.79 Å². The zero-order valence-electron chi connectivity index (χ0n) is 17.7. The minimum atomic E-state index is 0.0149. The Kier molecular flexibility index (Phi) is 5.05. The minimum absolute atomic E-state index is 0.0149. The molecule has 0 unspecified atom stereocenters. The number of methoxy groups -OCH3 is 1. The Morgan fingerprint density at radius 3 is 2.63 bits per heavy atom. The number of hydrogen-bond donors (Lipinski definition) is 0. The van der Waals surface area contributed by atoms with Crippen LogP contribution in [-0.4, -0.2) is 37.2 Å². The summed E-state index contributed by atoms with van der Waals surface area (Å²) in [5, 5.41) is 0. The molecule has 5 heteroatoms. The summed E-state index contributed by atoms with van der Waals surface area (Å²) in [6.45, 7) is 3.48. The van der Waals surface area contributed by atoms with E-state index in [0.29, 0.717) is 19.3 Å². The standard InChI is InChI=1S/C25H29NO4/c1-16(17-8-11-23-24(14-17)30-13-5-12-29-23)26(18-9-10-18)25(27)21-15-20(21)19-6-3-4-7-22(19)28-2/h3-4,6-8,11,14,16,18,20-21H,5,9-10,12-13,15H2,1-2H3/t16-,20+,21+/m1/s1. The summed E-state index contributed by atoms with van der Waals surface area (Å²) < 4.78 is 17.2. The number of nitrogens with zero attached hydrogens (tertiary/aromatic N) is 1. The van der Waals surface area contributed by atoms with Gasteiger partial charge < -0.3 is 19.1 Å². The number of amides is 1. The third-order valence-corrected chi connectivity index (χ3v) is 6.51. The van der Waals surface area contributed by atoms with Gasteiger partial charge in [-0.2, -0.15) is 0 Å². The fourth-order valence-corrected chi connectivity index (χ4v) is 4.62. The van der Waals surface area contributed by atoms with E-state index in [4.69, 9.17) is 14.2 Å². The van der Waals surface area contributed by atoms with Crippen molar-refractivity contribution in [3.8, 4) is 17.2 Å². The van der Waals surface area contributed by atoms with E-state index in [0.717, 1.165) is 54.1 Å². The van der Waals surface area contributed by atoms with Gasteiger partial charge in [0.1, 0.15) is 5.75 Å². The first kappa shape index (κ1) is 19.3. The molecular weight excluding hydrogens is 378 g/mol. The molecule has 2 aromatic carbocycles. The second-order valence-corrected chi connectivity index (χ2v) is 8.60. The average Bonchev–Trinajstić information content (AvgIpc) is 3.66. The van der Waals surface area contributed by atoms with Crippen molar-refractivity contribution in [3.05, 3.63) is 53.6 Å². The van der Waals surface area contributed by atoms with Gasteiger partial charge in [-0.05, 0) is 61.4 Å². The monoisotopic (exact) mass is 407 g/mol. The van der Waals surface area contributed by atoms with Crippen LogP contribution in [-0.2, 0) is 4.79 Å². The van der Waals surface area contributed by atoms with E-state index in [-0.39, 0.29) is 23.8 Å². The molecule has 5 nitrogen and oxygen atoms in total. The third kappa shape index (κ3) is 3.62. The molecule has 1 amide bonds. The van der Waals surface area contributed by atoms with E-state index in [1.165, 1.54) is 0 Å². The van der Waals surface area contributed by atoms with Crippen LogP contribution in [0.15, 0.2) is 42.5 Å². The first-order chi connectivity index (χ1) is 14.7. The van der Waals surface area contributed by atoms with Crippen molar-refractivity contribution in [3.63, 3.8) is 0 Å². The van der Waals surface area contributed by atoms with Crippen molar-refractivity contribution in [2.45, 2.75) is 50.6 Å². The van der Waals surface area contributed by atoms with Crippen molar-refractivity contribution in [2.75, 3.05) is 20.3 Å². The summed E-state index contributed by atoms with van der Waals surface area (Å²) in [5.74, 6) is 3.04. The summed E-state index contributed by atoms with van der Waals surface area (Å²) in [6.07, 6.45) is 3.97. The summed E-state index contributed by atoms with van der Waals surface area (Å²) in [4.78, 5) is 15.7. The highest BCUT2D eigenvalue weighted by Crippen LogP contribution is 2.53. The lowest BCUT2D eigenvalue weighted by molar-refractivity contribution is -0.135. The molecule has 3 aliphatic rings. The van der Waals surface area contributed by atoms with E-state index in [1.807, 2.05) is 24.3 Å². The molecule has 2 fully saturated rings. The number of carbonyl (C=O) groups is 1. The van der Waals surface area contributed by atoms with Crippen molar-refractivity contribution >= 4 is 5.91 Å². The maximum atomic E-state index is 13.6. The van der Waals surface area contributed by atoms with Gasteiger partial charge in [-0.25, -0.2) is 0 Å². The molecular formula is C25H29NO4. The molecule has 2 saturated carbocycles. The Morgan fingerprint density at radius 2 is 1.87 bits per heavy atom. The number of fused-ring (bicyclic) bond motifs is 1. The molecule has 3 atom stereocenters. The topological polar surface area (TPSA) is 48.0 Å². The summed E-state index contributed by atoms with van der Waals surface area (Å²) >= 11 is 0. The van der Waals surface area contributed by atoms with Crippen LogP contribution in [0.4, 0.5) is 0 Å². The van der Waals surface area contributed by atoms with Gasteiger partial charge in [-0.15, -0.1) is 0 Å². The highest BCUT2D eigenvalue weighted by molar-refractivity contribution is 5.84. The Balaban J connectivity index is 1.36. The molecule has 5 rings (SSSR count). The second-order valence-electron chi connectivity index (χ2n) is 8.60. The van der Waals surface area contributed by atoms with Crippen LogP contribution < -0.4 is 14.2 Å². The second kappa shape index (κ2) is 7.86. The highest BCUT2D eigenvalue weighted by Gasteiger charge is 2.50. The Morgan fingerprint density at radius 1 is 1.10 bits per heavy atom. The van der Waals surface area contributed by atoms with E-state index in [1.54, 1.807) is 7.11 Å². The lowest BCUT2D eigenvalue weighted by atomic mass is 10.0. The van der Waals surface area contributed by atoms with Gasteiger partial charge in [0.05, 0.1) is 26.4 Å². The smallest absolute Gasteiger partial charge is 0.227 e. The molecule has 30 heavy (non-hydrogen) atoms. The average molecular weight is 408 g/mol. The maximum Gasteiger partial charge on any atom is 0.227 e. The number of carbonyl (C=O) groups excluding carboxylic acids is 1. The quantitative estimate of drug-likeness (QED) is 0.696.